The van der Waals surface area contributed by atoms with Crippen LogP contribution in [0.4, 0.5) is 0 Å². The van der Waals surface area contributed by atoms with Crippen molar-refractivity contribution in [3.05, 3.63) is 63.7 Å². The molecule has 1 saturated heterocycles. The lowest BCUT2D eigenvalue weighted by atomic mass is 10.1. The Morgan fingerprint density at radius 3 is 2.24 bits per heavy atom. The summed E-state index contributed by atoms with van der Waals surface area (Å²) in [4.78, 5) is 2.45. The molecule has 2 N–H and O–H groups in total. The van der Waals surface area contributed by atoms with Crippen molar-refractivity contribution in [3.63, 3.8) is 0 Å². The van der Waals surface area contributed by atoms with Crippen molar-refractivity contribution in [2.75, 3.05) is 19.6 Å². The number of hydrogen-bond donors (Lipinski definition) is 2. The molecule has 0 spiro atoms. The fourth-order valence-corrected chi connectivity index (χ4v) is 4.26. The molecule has 29 heavy (non-hydrogen) atoms. The third-order valence-electron chi connectivity index (χ3n) is 5.50. The Hall–Kier alpha value is -1.50. The van der Waals surface area contributed by atoms with Gasteiger partial charge in [0.25, 0.3) is 0 Å². The zero-order valence-corrected chi connectivity index (χ0v) is 18.3. The van der Waals surface area contributed by atoms with Crippen LogP contribution >= 0.6 is 23.2 Å². The molecule has 0 radical (unpaired) electrons. The number of aromatic nitrogens is 2. The first-order chi connectivity index (χ1) is 13.5. The molecule has 0 bridgehead atoms. The maximum Gasteiger partial charge on any atom is 0.203 e. The van der Waals surface area contributed by atoms with Crippen LogP contribution in [0.2, 0.25) is 10.0 Å². The molecule has 1 aliphatic rings. The van der Waals surface area contributed by atoms with Gasteiger partial charge in [0, 0.05) is 13.1 Å². The van der Waals surface area contributed by atoms with E-state index in [1.165, 1.54) is 12.8 Å². The molecule has 2 aromatic carbocycles. The Morgan fingerprint density at radius 1 is 0.931 bits per heavy atom. The first-order valence-electron chi connectivity index (χ1n) is 9.62. The van der Waals surface area contributed by atoms with Crippen molar-refractivity contribution in [3.8, 4) is 0 Å². The van der Waals surface area contributed by atoms with Gasteiger partial charge < -0.3 is 31.5 Å². The quantitative estimate of drug-likeness (QED) is 0.585. The summed E-state index contributed by atoms with van der Waals surface area (Å²) in [6, 6.07) is 13.2. The summed E-state index contributed by atoms with van der Waals surface area (Å²) in [5.41, 5.74) is 3.07. The van der Waals surface area contributed by atoms with Crippen molar-refractivity contribution in [2.45, 2.75) is 32.0 Å². The fraction of sp³-hybridized carbons (Fsp3) is 0.381. The third kappa shape index (κ3) is 4.65. The van der Waals surface area contributed by atoms with Crippen LogP contribution in [0, 0.1) is 5.41 Å². The van der Waals surface area contributed by atoms with Crippen molar-refractivity contribution < 1.29 is 17.5 Å². The summed E-state index contributed by atoms with van der Waals surface area (Å²) in [5.74, 6) is 0. The Balaban J connectivity index is 0.00000240. The van der Waals surface area contributed by atoms with E-state index in [4.69, 9.17) is 28.6 Å². The second-order valence-corrected chi connectivity index (χ2v) is 8.13. The second-order valence-electron chi connectivity index (χ2n) is 7.31. The van der Waals surface area contributed by atoms with Crippen molar-refractivity contribution in [1.82, 2.24) is 14.0 Å². The standard InChI is InChI=1S/C21H24Cl2N4O.ClH/c22-16-8-7-15(13-17(16)23)20(28)14-27-19-6-2-1-5-18(19)26(21(27)24)12-11-25-9-3-4-10-25;/h1-2,5-8,13,20,24,28H,3-4,9-12,14H2;1H/p-1. The minimum atomic E-state index is -0.776. The van der Waals surface area contributed by atoms with E-state index in [0.29, 0.717) is 21.2 Å². The van der Waals surface area contributed by atoms with Crippen LogP contribution in [0.5, 0.6) is 0 Å². The summed E-state index contributed by atoms with van der Waals surface area (Å²) >= 11 is 12.1. The van der Waals surface area contributed by atoms with Crippen LogP contribution in [-0.2, 0) is 13.1 Å². The maximum atomic E-state index is 10.8. The van der Waals surface area contributed by atoms with E-state index in [9.17, 15) is 5.11 Å². The number of nitrogens with one attached hydrogen (secondary N) is 1. The number of aliphatic hydroxyl groups is 1. The normalized spacial score (nSPS) is 15.6. The second kappa shape index (κ2) is 9.54. The number of fused-ring (bicyclic) bond motifs is 1. The number of hydrogen-bond acceptors (Lipinski definition) is 3. The Labute approximate surface area is 186 Å². The lowest BCUT2D eigenvalue weighted by molar-refractivity contribution is -0.00000752. The van der Waals surface area contributed by atoms with Crippen LogP contribution in [0.3, 0.4) is 0 Å². The summed E-state index contributed by atoms with van der Waals surface area (Å²) in [6.07, 6.45) is 1.74. The summed E-state index contributed by atoms with van der Waals surface area (Å²) in [6.45, 7) is 4.29. The van der Waals surface area contributed by atoms with Gasteiger partial charge in [0.15, 0.2) is 0 Å². The highest BCUT2D eigenvalue weighted by atomic mass is 35.5. The average molecular weight is 455 g/mol. The molecule has 1 aromatic heterocycles. The molecule has 1 aliphatic heterocycles. The molecule has 0 amide bonds. The number of rotatable bonds is 6. The minimum Gasteiger partial charge on any atom is -1.00 e. The van der Waals surface area contributed by atoms with Gasteiger partial charge >= 0.3 is 0 Å². The maximum absolute atomic E-state index is 10.8. The van der Waals surface area contributed by atoms with Crippen molar-refractivity contribution >= 4 is 34.2 Å². The lowest BCUT2D eigenvalue weighted by Crippen LogP contribution is -3.00. The number of likely N-dealkylation sites (tertiary alicyclic amines) is 1. The largest absolute Gasteiger partial charge is 1.00 e. The van der Waals surface area contributed by atoms with Crippen LogP contribution in [0.15, 0.2) is 42.5 Å². The number of imidazole rings is 1. The molecular formula is C21H24Cl3N4O-. The van der Waals surface area contributed by atoms with Crippen LogP contribution in [0.25, 0.3) is 11.0 Å². The molecular weight excluding hydrogens is 431 g/mol. The zero-order chi connectivity index (χ0) is 19.7. The molecule has 156 valence electrons. The molecule has 0 aliphatic carbocycles. The van der Waals surface area contributed by atoms with E-state index in [-0.39, 0.29) is 19.0 Å². The smallest absolute Gasteiger partial charge is 0.203 e. The van der Waals surface area contributed by atoms with Crippen molar-refractivity contribution in [1.29, 1.82) is 5.41 Å². The Morgan fingerprint density at radius 2 is 1.59 bits per heavy atom. The van der Waals surface area contributed by atoms with Gasteiger partial charge in [-0.2, -0.15) is 0 Å². The lowest BCUT2D eigenvalue weighted by Gasteiger charge is -2.15. The van der Waals surface area contributed by atoms with Crippen LogP contribution in [-0.4, -0.2) is 38.8 Å². The Bertz CT molecular complexity index is 1040. The molecule has 2 heterocycles. The first kappa shape index (κ1) is 22.2. The van der Waals surface area contributed by atoms with E-state index in [1.54, 1.807) is 18.2 Å². The third-order valence-corrected chi connectivity index (χ3v) is 6.24. The average Bonchev–Trinajstić information content (AvgIpc) is 3.30. The Kier molecular flexibility index (Phi) is 7.30. The van der Waals surface area contributed by atoms with Crippen molar-refractivity contribution in [2.24, 2.45) is 0 Å². The van der Waals surface area contributed by atoms with Gasteiger partial charge in [-0.1, -0.05) is 41.4 Å². The molecule has 4 rings (SSSR count). The highest BCUT2D eigenvalue weighted by Crippen LogP contribution is 2.27. The molecule has 3 aromatic rings. The highest BCUT2D eigenvalue weighted by Gasteiger charge is 2.17. The predicted octanol–water partition coefficient (Wildman–Crippen LogP) is 1.06. The van der Waals surface area contributed by atoms with Gasteiger partial charge in [-0.3, -0.25) is 5.41 Å². The number of benzene rings is 2. The number of halogens is 3. The van der Waals surface area contributed by atoms with E-state index in [1.807, 2.05) is 33.4 Å². The monoisotopic (exact) mass is 453 g/mol. The first-order valence-corrected chi connectivity index (χ1v) is 10.4. The van der Waals surface area contributed by atoms with Gasteiger partial charge in [-0.25, -0.2) is 0 Å². The molecule has 1 unspecified atom stereocenters. The van der Waals surface area contributed by atoms with Gasteiger partial charge in [-0.05, 0) is 55.8 Å². The van der Waals surface area contributed by atoms with Crippen LogP contribution < -0.4 is 18.0 Å². The van der Waals surface area contributed by atoms with Gasteiger partial charge in [-0.15, -0.1) is 0 Å². The van der Waals surface area contributed by atoms with Gasteiger partial charge in [0.05, 0.1) is 33.7 Å². The zero-order valence-electron chi connectivity index (χ0n) is 16.0. The fourth-order valence-electron chi connectivity index (χ4n) is 3.95. The van der Waals surface area contributed by atoms with Gasteiger partial charge in [0.2, 0.25) is 5.62 Å². The van der Waals surface area contributed by atoms with Crippen LogP contribution in [0.1, 0.15) is 24.5 Å². The number of aliphatic hydroxyl groups excluding tert-OH is 1. The highest BCUT2D eigenvalue weighted by molar-refractivity contribution is 6.42. The van der Waals surface area contributed by atoms with E-state index >= 15 is 0 Å². The summed E-state index contributed by atoms with van der Waals surface area (Å²) in [7, 11) is 0. The van der Waals surface area contributed by atoms with E-state index < -0.39 is 6.10 Å². The molecule has 5 nitrogen and oxygen atoms in total. The molecule has 8 heteroatoms. The SMILES string of the molecule is N=c1n(CCN2CCCC2)c2ccccc2n1CC(O)c1ccc(Cl)c(Cl)c1.[Cl-]. The minimum absolute atomic E-state index is 0. The predicted molar refractivity (Wildman–Crippen MR) is 113 cm³/mol. The van der Waals surface area contributed by atoms with E-state index in [2.05, 4.69) is 4.90 Å². The summed E-state index contributed by atoms with van der Waals surface area (Å²) in [5, 5.41) is 20.4. The molecule has 1 fully saturated rings. The number of para-hydroxylation sites is 2. The number of nitrogens with zero attached hydrogens (tertiary/aromatic N) is 3. The van der Waals surface area contributed by atoms with Gasteiger partial charge in [0.1, 0.15) is 0 Å². The topological polar surface area (TPSA) is 57.2 Å². The molecule has 1 atom stereocenters. The van der Waals surface area contributed by atoms with E-state index in [0.717, 1.165) is 37.2 Å². The molecule has 0 saturated carbocycles. The summed E-state index contributed by atoms with van der Waals surface area (Å²) < 4.78 is 3.90.